The number of carbonyl (C=O) groups is 1. The van der Waals surface area contributed by atoms with E-state index in [1.54, 1.807) is 19.1 Å². The number of ketones is 1. The minimum Gasteiger partial charge on any atom is -0.370 e. The third kappa shape index (κ3) is 2.21. The molecule has 1 aromatic rings. The van der Waals surface area contributed by atoms with Crippen molar-refractivity contribution < 1.29 is 14.1 Å². The summed E-state index contributed by atoms with van der Waals surface area (Å²) in [6.45, 7) is 3.54. The largest absolute Gasteiger partial charge is 0.370 e. The Kier molecular flexibility index (Phi) is 3.32. The lowest BCUT2D eigenvalue weighted by molar-refractivity contribution is -0.110. The van der Waals surface area contributed by atoms with Gasteiger partial charge in [0.2, 0.25) is 0 Å². The summed E-state index contributed by atoms with van der Waals surface area (Å²) in [6.07, 6.45) is 3.87. The van der Waals surface area contributed by atoms with Gasteiger partial charge in [0, 0.05) is 4.90 Å². The average molecular weight is 262 g/mol. The Morgan fingerprint density at radius 2 is 1.78 bits per heavy atom. The summed E-state index contributed by atoms with van der Waals surface area (Å²) >= 11 is 0. The van der Waals surface area contributed by atoms with Gasteiger partial charge in [-0.25, -0.2) is 0 Å². The van der Waals surface area contributed by atoms with Crippen LogP contribution in [0.2, 0.25) is 0 Å². The van der Waals surface area contributed by atoms with Crippen LogP contribution < -0.4 is 0 Å². The van der Waals surface area contributed by atoms with Crippen LogP contribution in [-0.2, 0) is 15.6 Å². The molecule has 94 valence electrons. The molecule has 0 aromatic heterocycles. The van der Waals surface area contributed by atoms with Crippen LogP contribution in [0.3, 0.4) is 0 Å². The number of benzene rings is 1. The molecule has 1 unspecified atom stereocenters. The van der Waals surface area contributed by atoms with Gasteiger partial charge in [0.15, 0.2) is 10.7 Å². The SMILES string of the molecule is CC1=CC(=O)C=C[C@]1(O)S(=O)c1ccc(C)cc1. The second kappa shape index (κ2) is 4.63. The van der Waals surface area contributed by atoms with Crippen LogP contribution in [0.15, 0.2) is 53.0 Å². The molecule has 0 spiro atoms. The average Bonchev–Trinajstić information content (AvgIpc) is 2.34. The molecule has 0 amide bonds. The highest BCUT2D eigenvalue weighted by molar-refractivity contribution is 7.86. The summed E-state index contributed by atoms with van der Waals surface area (Å²) in [7, 11) is -1.64. The minimum absolute atomic E-state index is 0.196. The van der Waals surface area contributed by atoms with Crippen LogP contribution >= 0.6 is 0 Å². The van der Waals surface area contributed by atoms with E-state index in [0.717, 1.165) is 5.56 Å². The lowest BCUT2D eigenvalue weighted by Crippen LogP contribution is -2.35. The Bertz CT molecular complexity index is 569. The van der Waals surface area contributed by atoms with E-state index in [1.807, 2.05) is 19.1 Å². The lowest BCUT2D eigenvalue weighted by Gasteiger charge is -2.26. The monoisotopic (exact) mass is 262 g/mol. The van der Waals surface area contributed by atoms with Gasteiger partial charge in [-0.15, -0.1) is 0 Å². The summed E-state index contributed by atoms with van der Waals surface area (Å²) in [5, 5.41) is 10.4. The first-order chi connectivity index (χ1) is 8.43. The molecule has 0 saturated carbocycles. The standard InChI is InChI=1S/C14H14O3S/c1-10-3-5-13(6-4-10)18(17)14(16)8-7-12(15)9-11(14)2/h3-9,16H,1-2H3/t14-,18?/m0/s1. The zero-order valence-corrected chi connectivity index (χ0v) is 11.0. The third-order valence-corrected chi connectivity index (χ3v) is 4.64. The van der Waals surface area contributed by atoms with Gasteiger partial charge in [0.1, 0.15) is 0 Å². The van der Waals surface area contributed by atoms with Crippen molar-refractivity contribution in [3.05, 3.63) is 53.6 Å². The van der Waals surface area contributed by atoms with Gasteiger partial charge in [-0.1, -0.05) is 17.7 Å². The van der Waals surface area contributed by atoms with Gasteiger partial charge in [0.05, 0.1) is 10.8 Å². The van der Waals surface area contributed by atoms with E-state index in [4.69, 9.17) is 0 Å². The van der Waals surface area contributed by atoms with E-state index in [9.17, 15) is 14.1 Å². The second-order valence-electron chi connectivity index (χ2n) is 4.34. The molecule has 0 bridgehead atoms. The highest BCUT2D eigenvalue weighted by Crippen LogP contribution is 2.30. The van der Waals surface area contributed by atoms with Gasteiger partial charge in [-0.3, -0.25) is 9.00 Å². The number of hydrogen-bond acceptors (Lipinski definition) is 3. The number of allylic oxidation sites excluding steroid dienone is 2. The Morgan fingerprint density at radius 1 is 1.17 bits per heavy atom. The Hall–Kier alpha value is -1.52. The Morgan fingerprint density at radius 3 is 2.33 bits per heavy atom. The molecule has 2 rings (SSSR count). The molecule has 1 aliphatic carbocycles. The molecule has 1 aliphatic rings. The second-order valence-corrected chi connectivity index (χ2v) is 5.97. The summed E-state index contributed by atoms with van der Waals surface area (Å²) < 4.78 is 12.4. The van der Waals surface area contributed by atoms with Gasteiger partial charge >= 0.3 is 0 Å². The number of rotatable bonds is 2. The highest BCUT2D eigenvalue weighted by Gasteiger charge is 2.36. The lowest BCUT2D eigenvalue weighted by atomic mass is 10.0. The zero-order chi connectivity index (χ0) is 13.3. The minimum atomic E-state index is -1.64. The highest BCUT2D eigenvalue weighted by atomic mass is 32.2. The fourth-order valence-corrected chi connectivity index (χ4v) is 3.03. The quantitative estimate of drug-likeness (QED) is 0.885. The van der Waals surface area contributed by atoms with Crippen molar-refractivity contribution in [1.29, 1.82) is 0 Å². The first kappa shape index (κ1) is 12.9. The van der Waals surface area contributed by atoms with Crippen molar-refractivity contribution in [2.24, 2.45) is 0 Å². The Balaban J connectivity index is 2.40. The fourth-order valence-electron chi connectivity index (χ4n) is 1.74. The molecule has 0 saturated heterocycles. The van der Waals surface area contributed by atoms with Crippen LogP contribution in [0.25, 0.3) is 0 Å². The maximum atomic E-state index is 12.4. The van der Waals surface area contributed by atoms with E-state index in [-0.39, 0.29) is 5.78 Å². The molecular weight excluding hydrogens is 248 g/mol. The van der Waals surface area contributed by atoms with Gasteiger partial charge < -0.3 is 5.11 Å². The first-order valence-electron chi connectivity index (χ1n) is 5.56. The maximum Gasteiger partial charge on any atom is 0.185 e. The molecule has 18 heavy (non-hydrogen) atoms. The zero-order valence-electron chi connectivity index (χ0n) is 10.2. The summed E-state index contributed by atoms with van der Waals surface area (Å²) in [4.78, 5) is 10.1. The predicted octanol–water partition coefficient (Wildman–Crippen LogP) is 1.88. The molecule has 0 aliphatic heterocycles. The van der Waals surface area contributed by atoms with E-state index in [0.29, 0.717) is 10.5 Å². The summed E-state index contributed by atoms with van der Waals surface area (Å²) in [6, 6.07) is 7.13. The van der Waals surface area contributed by atoms with Crippen LogP contribution in [0, 0.1) is 6.92 Å². The van der Waals surface area contributed by atoms with E-state index in [2.05, 4.69) is 0 Å². The first-order valence-corrected chi connectivity index (χ1v) is 6.71. The summed E-state index contributed by atoms with van der Waals surface area (Å²) in [5.74, 6) is -0.196. The van der Waals surface area contributed by atoms with Crippen LogP contribution in [-0.4, -0.2) is 20.0 Å². The smallest absolute Gasteiger partial charge is 0.185 e. The molecule has 1 N–H and O–H groups in total. The molecule has 0 radical (unpaired) electrons. The molecular formula is C14H14O3S. The van der Waals surface area contributed by atoms with Crippen molar-refractivity contribution in [3.63, 3.8) is 0 Å². The number of aliphatic hydroxyl groups is 1. The van der Waals surface area contributed by atoms with Crippen molar-refractivity contribution >= 4 is 16.6 Å². The van der Waals surface area contributed by atoms with Gasteiger partial charge in [-0.2, -0.15) is 0 Å². The molecule has 3 nitrogen and oxygen atoms in total. The fraction of sp³-hybridized carbons (Fsp3) is 0.214. The number of hydrogen-bond donors (Lipinski definition) is 1. The van der Waals surface area contributed by atoms with E-state index >= 15 is 0 Å². The van der Waals surface area contributed by atoms with Crippen molar-refractivity contribution in [2.45, 2.75) is 23.7 Å². The van der Waals surface area contributed by atoms with Crippen molar-refractivity contribution in [1.82, 2.24) is 0 Å². The van der Waals surface area contributed by atoms with Gasteiger partial charge in [-0.05, 0) is 49.8 Å². The van der Waals surface area contributed by atoms with Crippen LogP contribution in [0.1, 0.15) is 12.5 Å². The van der Waals surface area contributed by atoms with Crippen LogP contribution in [0.5, 0.6) is 0 Å². The number of carbonyl (C=O) groups excluding carboxylic acids is 1. The predicted molar refractivity (Wildman–Crippen MR) is 70.4 cm³/mol. The Labute approximate surface area is 108 Å². The van der Waals surface area contributed by atoms with Gasteiger partial charge in [0.25, 0.3) is 0 Å². The molecule has 2 atom stereocenters. The van der Waals surface area contributed by atoms with E-state index < -0.39 is 15.7 Å². The maximum absolute atomic E-state index is 12.4. The molecule has 0 fully saturated rings. The normalized spacial score (nSPS) is 24.8. The van der Waals surface area contributed by atoms with Crippen molar-refractivity contribution in [3.8, 4) is 0 Å². The third-order valence-electron chi connectivity index (χ3n) is 2.91. The van der Waals surface area contributed by atoms with Crippen molar-refractivity contribution in [2.75, 3.05) is 0 Å². The molecule has 1 aromatic carbocycles. The number of aryl methyl sites for hydroxylation is 1. The topological polar surface area (TPSA) is 54.4 Å². The van der Waals surface area contributed by atoms with E-state index in [1.165, 1.54) is 18.2 Å². The van der Waals surface area contributed by atoms with Crippen LogP contribution in [0.4, 0.5) is 0 Å². The summed E-state index contributed by atoms with van der Waals surface area (Å²) in [5.41, 5.74) is 1.46. The molecule has 0 heterocycles. The molecule has 4 heteroatoms.